The molecule has 1 rings (SSSR count). The molecule has 82 valence electrons. The SMILES string of the molecule is Cc1nc(NC(=S)N(C)C)sc1[N+](=O)[O-]. The van der Waals surface area contributed by atoms with Gasteiger partial charge in [0.1, 0.15) is 5.69 Å². The van der Waals surface area contributed by atoms with Crippen molar-refractivity contribution in [3.8, 4) is 0 Å². The van der Waals surface area contributed by atoms with Crippen LogP contribution in [0.3, 0.4) is 0 Å². The maximum Gasteiger partial charge on any atom is 0.348 e. The number of rotatable bonds is 2. The summed E-state index contributed by atoms with van der Waals surface area (Å²) in [6, 6.07) is 0. The number of thiazole rings is 1. The number of thiocarbonyl (C=S) groups is 1. The Labute approximate surface area is 96.1 Å². The Bertz CT molecular complexity index is 402. The van der Waals surface area contributed by atoms with Gasteiger partial charge in [-0.15, -0.1) is 0 Å². The molecular formula is C7H10N4O2S2. The van der Waals surface area contributed by atoms with E-state index >= 15 is 0 Å². The quantitative estimate of drug-likeness (QED) is 0.485. The fraction of sp³-hybridized carbons (Fsp3) is 0.429. The Morgan fingerprint density at radius 1 is 1.67 bits per heavy atom. The summed E-state index contributed by atoms with van der Waals surface area (Å²) in [6.45, 7) is 1.60. The van der Waals surface area contributed by atoms with Crippen molar-refractivity contribution in [1.82, 2.24) is 9.88 Å². The summed E-state index contributed by atoms with van der Waals surface area (Å²) in [5.41, 5.74) is 0.397. The van der Waals surface area contributed by atoms with Crippen molar-refractivity contribution < 1.29 is 4.92 Å². The van der Waals surface area contributed by atoms with E-state index in [1.54, 1.807) is 25.9 Å². The van der Waals surface area contributed by atoms with Crippen molar-refractivity contribution in [3.05, 3.63) is 15.8 Å². The number of aryl methyl sites for hydroxylation is 1. The highest BCUT2D eigenvalue weighted by Gasteiger charge is 2.18. The van der Waals surface area contributed by atoms with E-state index in [4.69, 9.17) is 12.2 Å². The fourth-order valence-electron chi connectivity index (χ4n) is 0.815. The minimum Gasteiger partial charge on any atom is -0.355 e. The smallest absolute Gasteiger partial charge is 0.348 e. The molecule has 0 bridgehead atoms. The van der Waals surface area contributed by atoms with Gasteiger partial charge in [0.15, 0.2) is 10.2 Å². The normalized spacial score (nSPS) is 9.80. The zero-order valence-electron chi connectivity index (χ0n) is 8.47. The van der Waals surface area contributed by atoms with Crippen LogP contribution in [0.25, 0.3) is 0 Å². The average molecular weight is 246 g/mol. The van der Waals surface area contributed by atoms with E-state index in [9.17, 15) is 10.1 Å². The molecule has 1 aromatic heterocycles. The maximum atomic E-state index is 10.6. The number of nitro groups is 1. The van der Waals surface area contributed by atoms with E-state index in [2.05, 4.69) is 10.3 Å². The molecular weight excluding hydrogens is 236 g/mol. The van der Waals surface area contributed by atoms with Gasteiger partial charge in [-0.25, -0.2) is 4.98 Å². The number of hydrogen-bond donors (Lipinski definition) is 1. The zero-order valence-corrected chi connectivity index (χ0v) is 10.1. The minimum absolute atomic E-state index is 0.0408. The molecule has 1 heterocycles. The second-order valence-electron chi connectivity index (χ2n) is 2.99. The number of nitrogens with zero attached hydrogens (tertiary/aromatic N) is 3. The van der Waals surface area contributed by atoms with Crippen molar-refractivity contribution in [3.63, 3.8) is 0 Å². The van der Waals surface area contributed by atoms with Crippen LogP contribution in [-0.2, 0) is 0 Å². The van der Waals surface area contributed by atoms with Crippen molar-refractivity contribution >= 4 is 38.8 Å². The average Bonchev–Trinajstić information content (AvgIpc) is 2.46. The first-order chi connectivity index (χ1) is 6.91. The summed E-state index contributed by atoms with van der Waals surface area (Å²) < 4.78 is 0. The lowest BCUT2D eigenvalue weighted by Gasteiger charge is -2.12. The van der Waals surface area contributed by atoms with E-state index in [1.807, 2.05) is 0 Å². The van der Waals surface area contributed by atoms with Crippen LogP contribution >= 0.6 is 23.6 Å². The first-order valence-corrected chi connectivity index (χ1v) is 5.24. The lowest BCUT2D eigenvalue weighted by atomic mass is 10.5. The molecule has 0 unspecified atom stereocenters. The van der Waals surface area contributed by atoms with Crippen molar-refractivity contribution in [2.75, 3.05) is 19.4 Å². The van der Waals surface area contributed by atoms with Gasteiger partial charge in [0.25, 0.3) is 0 Å². The highest BCUT2D eigenvalue weighted by molar-refractivity contribution is 7.80. The van der Waals surface area contributed by atoms with Crippen molar-refractivity contribution in [2.24, 2.45) is 0 Å². The summed E-state index contributed by atoms with van der Waals surface area (Å²) in [7, 11) is 3.56. The first kappa shape index (κ1) is 11.8. The number of nitrogens with one attached hydrogen (secondary N) is 1. The molecule has 1 aromatic rings. The largest absolute Gasteiger partial charge is 0.355 e. The van der Waals surface area contributed by atoms with Crippen LogP contribution < -0.4 is 5.32 Å². The van der Waals surface area contributed by atoms with Gasteiger partial charge >= 0.3 is 5.00 Å². The van der Waals surface area contributed by atoms with Gasteiger partial charge in [0, 0.05) is 14.1 Å². The predicted octanol–water partition coefficient (Wildman–Crippen LogP) is 1.62. The van der Waals surface area contributed by atoms with Gasteiger partial charge in [-0.1, -0.05) is 0 Å². The molecule has 0 aliphatic rings. The van der Waals surface area contributed by atoms with Crippen LogP contribution in [0.4, 0.5) is 10.1 Å². The third-order valence-corrected chi connectivity index (χ3v) is 3.05. The van der Waals surface area contributed by atoms with Gasteiger partial charge in [-0.05, 0) is 30.5 Å². The van der Waals surface area contributed by atoms with Crippen molar-refractivity contribution in [2.45, 2.75) is 6.92 Å². The van der Waals surface area contributed by atoms with Crippen molar-refractivity contribution in [1.29, 1.82) is 0 Å². The number of anilines is 1. The van der Waals surface area contributed by atoms with Crippen LogP contribution in [0.5, 0.6) is 0 Å². The van der Waals surface area contributed by atoms with Gasteiger partial charge in [-0.2, -0.15) is 0 Å². The molecule has 0 atom stereocenters. The maximum absolute atomic E-state index is 10.6. The third-order valence-electron chi connectivity index (χ3n) is 1.56. The predicted molar refractivity (Wildman–Crippen MR) is 63.4 cm³/mol. The minimum atomic E-state index is -0.448. The lowest BCUT2D eigenvalue weighted by molar-refractivity contribution is -0.380. The van der Waals surface area contributed by atoms with Gasteiger partial charge in [-0.3, -0.25) is 10.1 Å². The molecule has 0 aliphatic heterocycles. The Morgan fingerprint density at radius 2 is 2.27 bits per heavy atom. The molecule has 15 heavy (non-hydrogen) atoms. The Hall–Kier alpha value is -1.28. The molecule has 0 saturated heterocycles. The Balaban J connectivity index is 2.84. The fourth-order valence-corrected chi connectivity index (χ4v) is 1.76. The van der Waals surface area contributed by atoms with Gasteiger partial charge < -0.3 is 10.2 Å². The molecule has 0 fully saturated rings. The molecule has 0 spiro atoms. The lowest BCUT2D eigenvalue weighted by Crippen LogP contribution is -2.26. The molecule has 0 aromatic carbocycles. The van der Waals surface area contributed by atoms with E-state index in [0.717, 1.165) is 11.3 Å². The van der Waals surface area contributed by atoms with Crippen LogP contribution in [-0.4, -0.2) is 34.0 Å². The summed E-state index contributed by atoms with van der Waals surface area (Å²) in [4.78, 5) is 15.8. The van der Waals surface area contributed by atoms with Gasteiger partial charge in [0.05, 0.1) is 4.92 Å². The molecule has 0 saturated carbocycles. The molecule has 1 N–H and O–H groups in total. The van der Waals surface area contributed by atoms with Crippen LogP contribution in [0, 0.1) is 17.0 Å². The summed E-state index contributed by atoms with van der Waals surface area (Å²) in [5, 5.41) is 14.3. The van der Waals surface area contributed by atoms with E-state index in [1.165, 1.54) is 0 Å². The highest BCUT2D eigenvalue weighted by atomic mass is 32.1. The van der Waals surface area contributed by atoms with Crippen LogP contribution in [0.2, 0.25) is 0 Å². The molecule has 6 nitrogen and oxygen atoms in total. The third kappa shape index (κ3) is 2.83. The topological polar surface area (TPSA) is 71.3 Å². The first-order valence-electron chi connectivity index (χ1n) is 4.02. The molecule has 0 aliphatic carbocycles. The number of aromatic nitrogens is 1. The summed E-state index contributed by atoms with van der Waals surface area (Å²) in [6.07, 6.45) is 0. The highest BCUT2D eigenvalue weighted by Crippen LogP contribution is 2.29. The number of hydrogen-bond acceptors (Lipinski definition) is 5. The standard InChI is InChI=1S/C7H10N4O2S2/c1-4-5(11(12)13)15-6(8-4)9-7(14)10(2)3/h1-3H3,(H,8,9,14). The van der Waals surface area contributed by atoms with E-state index in [0.29, 0.717) is 15.9 Å². The zero-order chi connectivity index (χ0) is 11.6. The van der Waals surface area contributed by atoms with E-state index < -0.39 is 4.92 Å². The van der Waals surface area contributed by atoms with Crippen LogP contribution in [0.15, 0.2) is 0 Å². The monoisotopic (exact) mass is 246 g/mol. The van der Waals surface area contributed by atoms with Gasteiger partial charge in [0.2, 0.25) is 0 Å². The molecule has 8 heteroatoms. The molecule has 0 amide bonds. The second kappa shape index (κ2) is 4.49. The van der Waals surface area contributed by atoms with E-state index in [-0.39, 0.29) is 5.00 Å². The Kier molecular flexibility index (Phi) is 3.53. The summed E-state index contributed by atoms with van der Waals surface area (Å²) in [5.74, 6) is 0. The molecule has 0 radical (unpaired) electrons. The summed E-state index contributed by atoms with van der Waals surface area (Å²) >= 11 is 5.97. The van der Waals surface area contributed by atoms with Crippen LogP contribution in [0.1, 0.15) is 5.69 Å². The Morgan fingerprint density at radius 3 is 2.67 bits per heavy atom. The second-order valence-corrected chi connectivity index (χ2v) is 4.36.